The van der Waals surface area contributed by atoms with E-state index in [9.17, 15) is 8.42 Å². The molecule has 82 valence electrons. The predicted octanol–water partition coefficient (Wildman–Crippen LogP) is 0.779. The van der Waals surface area contributed by atoms with E-state index in [1.54, 1.807) is 4.52 Å². The lowest BCUT2D eigenvalue weighted by Crippen LogP contribution is -2.10. The monoisotopic (exact) mass is 246 g/mol. The van der Waals surface area contributed by atoms with Crippen LogP contribution in [0.1, 0.15) is 10.6 Å². The zero-order valence-corrected chi connectivity index (χ0v) is 10.1. The highest BCUT2D eigenvalue weighted by Gasteiger charge is 2.12. The number of sulfonamides is 1. The van der Waals surface area contributed by atoms with Crippen LogP contribution in [0.5, 0.6) is 0 Å². The quantitative estimate of drug-likeness (QED) is 0.849. The molecule has 0 bridgehead atoms. The Morgan fingerprint density at radius 2 is 2.07 bits per heavy atom. The van der Waals surface area contributed by atoms with E-state index in [0.29, 0.717) is 4.96 Å². The first kappa shape index (κ1) is 10.4. The molecular weight excluding hydrogens is 236 g/mol. The minimum Gasteiger partial charge on any atom is -0.250 e. The predicted molar refractivity (Wildman–Crippen MR) is 58.8 cm³/mol. The van der Waals surface area contributed by atoms with Crippen molar-refractivity contribution in [3.8, 4) is 0 Å². The first-order valence-corrected chi connectivity index (χ1v) is 6.88. The number of aromatic nitrogens is 3. The number of nitrogens with zero attached hydrogens (tertiary/aromatic N) is 3. The van der Waals surface area contributed by atoms with Crippen LogP contribution in [0.4, 0.5) is 5.95 Å². The SMILES string of the molecule is Cc1sc2nc(NS(C)(=O)=O)nn2c1C. The summed E-state index contributed by atoms with van der Waals surface area (Å²) in [7, 11) is -3.31. The Labute approximate surface area is 91.0 Å². The molecule has 0 aliphatic carbocycles. The fraction of sp³-hybridized carbons (Fsp3) is 0.429. The summed E-state index contributed by atoms with van der Waals surface area (Å²) in [6, 6.07) is 0. The van der Waals surface area contributed by atoms with E-state index in [4.69, 9.17) is 0 Å². The minimum atomic E-state index is -3.31. The molecule has 0 radical (unpaired) electrons. The normalized spacial score (nSPS) is 12.2. The molecular formula is C7H10N4O2S2. The molecule has 1 N–H and O–H groups in total. The van der Waals surface area contributed by atoms with Crippen LogP contribution in [0.2, 0.25) is 0 Å². The third-order valence-corrected chi connectivity index (χ3v) is 3.53. The summed E-state index contributed by atoms with van der Waals surface area (Å²) in [5.41, 5.74) is 0.976. The topological polar surface area (TPSA) is 76.4 Å². The molecule has 0 aliphatic heterocycles. The highest BCUT2D eigenvalue weighted by molar-refractivity contribution is 7.91. The maximum atomic E-state index is 11.0. The van der Waals surface area contributed by atoms with Crippen LogP contribution in [0.25, 0.3) is 4.96 Å². The fourth-order valence-corrected chi connectivity index (χ4v) is 2.47. The molecule has 0 unspecified atom stereocenters. The van der Waals surface area contributed by atoms with Crippen molar-refractivity contribution in [2.75, 3.05) is 11.0 Å². The summed E-state index contributed by atoms with van der Waals surface area (Å²) in [6.45, 7) is 3.89. The van der Waals surface area contributed by atoms with Gasteiger partial charge in [-0.3, -0.25) is 4.72 Å². The Morgan fingerprint density at radius 3 is 2.60 bits per heavy atom. The summed E-state index contributed by atoms with van der Waals surface area (Å²) in [5, 5.41) is 4.04. The molecule has 0 saturated carbocycles. The van der Waals surface area contributed by atoms with Crippen molar-refractivity contribution in [1.82, 2.24) is 14.6 Å². The zero-order chi connectivity index (χ0) is 11.2. The zero-order valence-electron chi connectivity index (χ0n) is 8.47. The van der Waals surface area contributed by atoms with E-state index in [2.05, 4.69) is 14.8 Å². The van der Waals surface area contributed by atoms with E-state index < -0.39 is 10.0 Å². The van der Waals surface area contributed by atoms with Gasteiger partial charge in [0.2, 0.25) is 15.0 Å². The molecule has 2 rings (SSSR count). The van der Waals surface area contributed by atoms with Gasteiger partial charge in [0.15, 0.2) is 0 Å². The molecule has 8 heteroatoms. The molecule has 0 aliphatic rings. The van der Waals surface area contributed by atoms with Crippen molar-refractivity contribution in [2.45, 2.75) is 13.8 Å². The van der Waals surface area contributed by atoms with Gasteiger partial charge in [-0.25, -0.2) is 12.9 Å². The molecule has 0 spiro atoms. The van der Waals surface area contributed by atoms with E-state index in [1.165, 1.54) is 11.3 Å². The Balaban J connectivity index is 2.49. The number of rotatable bonds is 2. The van der Waals surface area contributed by atoms with Crippen LogP contribution >= 0.6 is 11.3 Å². The Morgan fingerprint density at radius 1 is 1.40 bits per heavy atom. The highest BCUT2D eigenvalue weighted by atomic mass is 32.2. The summed E-state index contributed by atoms with van der Waals surface area (Å²) in [4.78, 5) is 5.87. The van der Waals surface area contributed by atoms with Crippen LogP contribution < -0.4 is 4.72 Å². The van der Waals surface area contributed by atoms with Gasteiger partial charge in [0, 0.05) is 4.88 Å². The molecule has 2 aromatic rings. The van der Waals surface area contributed by atoms with Gasteiger partial charge in [-0.15, -0.1) is 5.10 Å². The highest BCUT2D eigenvalue weighted by Crippen LogP contribution is 2.21. The van der Waals surface area contributed by atoms with Crippen LogP contribution in [-0.2, 0) is 10.0 Å². The van der Waals surface area contributed by atoms with Crippen molar-refractivity contribution in [2.24, 2.45) is 0 Å². The number of thiazole rings is 1. The standard InChI is InChI=1S/C7H10N4O2S2/c1-4-5(2)14-7-8-6(9-11(4)7)10-15(3,12)13/h1-3H3,(H,9,10). The molecule has 0 amide bonds. The lowest BCUT2D eigenvalue weighted by Gasteiger charge is -1.95. The molecule has 0 saturated heterocycles. The van der Waals surface area contributed by atoms with E-state index in [1.807, 2.05) is 13.8 Å². The molecule has 0 fully saturated rings. The molecule has 0 aromatic carbocycles. The number of anilines is 1. The van der Waals surface area contributed by atoms with Gasteiger partial charge in [0.25, 0.3) is 5.95 Å². The van der Waals surface area contributed by atoms with Crippen LogP contribution in [0.15, 0.2) is 0 Å². The van der Waals surface area contributed by atoms with Gasteiger partial charge < -0.3 is 0 Å². The smallest absolute Gasteiger partial charge is 0.250 e. The second-order valence-corrected chi connectivity index (χ2v) is 6.18. The molecule has 0 atom stereocenters. The van der Waals surface area contributed by atoms with Gasteiger partial charge in [0.1, 0.15) is 0 Å². The van der Waals surface area contributed by atoms with Crippen molar-refractivity contribution < 1.29 is 8.42 Å². The Hall–Kier alpha value is -1.15. The van der Waals surface area contributed by atoms with E-state index >= 15 is 0 Å². The maximum absolute atomic E-state index is 11.0. The van der Waals surface area contributed by atoms with Gasteiger partial charge in [-0.05, 0) is 13.8 Å². The minimum absolute atomic E-state index is 0.117. The van der Waals surface area contributed by atoms with Crippen LogP contribution in [0.3, 0.4) is 0 Å². The molecule has 2 aromatic heterocycles. The summed E-state index contributed by atoms with van der Waals surface area (Å²) < 4.78 is 25.8. The summed E-state index contributed by atoms with van der Waals surface area (Å²) >= 11 is 1.48. The number of hydrogen-bond acceptors (Lipinski definition) is 5. The van der Waals surface area contributed by atoms with Gasteiger partial charge >= 0.3 is 0 Å². The van der Waals surface area contributed by atoms with Crippen molar-refractivity contribution in [3.05, 3.63) is 10.6 Å². The Kier molecular flexibility index (Phi) is 2.19. The Bertz CT molecular complexity index is 610. The third-order valence-electron chi connectivity index (χ3n) is 1.93. The third kappa shape index (κ3) is 1.95. The van der Waals surface area contributed by atoms with Crippen molar-refractivity contribution in [3.63, 3.8) is 0 Å². The maximum Gasteiger partial charge on any atom is 0.257 e. The van der Waals surface area contributed by atoms with Gasteiger partial charge in [-0.2, -0.15) is 4.98 Å². The summed E-state index contributed by atoms with van der Waals surface area (Å²) in [6.07, 6.45) is 1.07. The van der Waals surface area contributed by atoms with Gasteiger partial charge in [0.05, 0.1) is 11.9 Å². The number of hydrogen-bond donors (Lipinski definition) is 1. The van der Waals surface area contributed by atoms with Gasteiger partial charge in [-0.1, -0.05) is 11.3 Å². The number of aryl methyl sites for hydroxylation is 2. The second kappa shape index (κ2) is 3.17. The summed E-state index contributed by atoms with van der Waals surface area (Å²) in [5.74, 6) is 0.117. The fourth-order valence-electron chi connectivity index (χ4n) is 1.15. The van der Waals surface area contributed by atoms with Crippen molar-refractivity contribution in [1.29, 1.82) is 0 Å². The van der Waals surface area contributed by atoms with E-state index in [-0.39, 0.29) is 5.95 Å². The average Bonchev–Trinajstić information content (AvgIpc) is 2.52. The lowest BCUT2D eigenvalue weighted by molar-refractivity contribution is 0.606. The molecule has 6 nitrogen and oxygen atoms in total. The van der Waals surface area contributed by atoms with E-state index in [0.717, 1.165) is 16.8 Å². The largest absolute Gasteiger partial charge is 0.257 e. The van der Waals surface area contributed by atoms with Crippen LogP contribution in [0, 0.1) is 13.8 Å². The molecule has 15 heavy (non-hydrogen) atoms. The first-order valence-electron chi connectivity index (χ1n) is 4.17. The lowest BCUT2D eigenvalue weighted by atomic mass is 10.4. The molecule has 2 heterocycles. The number of nitrogens with one attached hydrogen (secondary N) is 1. The second-order valence-electron chi connectivity index (χ2n) is 3.25. The average molecular weight is 246 g/mol. The van der Waals surface area contributed by atoms with Crippen molar-refractivity contribution >= 4 is 32.3 Å². The first-order chi connectivity index (χ1) is 6.87. The van der Waals surface area contributed by atoms with Crippen LogP contribution in [-0.4, -0.2) is 29.3 Å². The number of fused-ring (bicyclic) bond motifs is 1.